The first-order valence-electron chi connectivity index (χ1n) is 6.10. The normalized spacial score (nSPS) is 10.7. The molecule has 0 saturated carbocycles. The first kappa shape index (κ1) is 12.7. The molecule has 0 saturated heterocycles. The van der Waals surface area contributed by atoms with Crippen molar-refractivity contribution >= 4 is 22.5 Å². The Hall–Kier alpha value is -2.31. The van der Waals surface area contributed by atoms with Crippen LogP contribution in [0.3, 0.4) is 0 Å². The zero-order valence-corrected chi connectivity index (χ0v) is 11.2. The summed E-state index contributed by atoms with van der Waals surface area (Å²) < 4.78 is 15.3. The maximum Gasteiger partial charge on any atom is 0.123 e. The number of rotatable bonds is 2. The lowest BCUT2D eigenvalue weighted by atomic mass is 10.1. The third-order valence-electron chi connectivity index (χ3n) is 3.25. The van der Waals surface area contributed by atoms with E-state index >= 15 is 0 Å². The monoisotopic (exact) mass is 284 g/mol. The van der Waals surface area contributed by atoms with Crippen LogP contribution in [0.4, 0.5) is 4.39 Å². The van der Waals surface area contributed by atoms with Gasteiger partial charge in [-0.2, -0.15) is 5.26 Å². The summed E-state index contributed by atoms with van der Waals surface area (Å²) in [6, 6.07) is 13.9. The van der Waals surface area contributed by atoms with Crippen LogP contribution < -0.4 is 0 Å². The van der Waals surface area contributed by atoms with Gasteiger partial charge in [-0.05, 0) is 48.0 Å². The van der Waals surface area contributed by atoms with Crippen LogP contribution in [-0.4, -0.2) is 4.57 Å². The van der Waals surface area contributed by atoms with Gasteiger partial charge in [0, 0.05) is 28.7 Å². The standard InChI is InChI=1S/C16H10ClFN2/c17-15-3-2-14(18)8-13(15)10-20-6-5-12-7-11(9-19)1-4-16(12)20/h1-8H,10H2. The Morgan fingerprint density at radius 1 is 1.15 bits per heavy atom. The molecular formula is C16H10ClFN2. The van der Waals surface area contributed by atoms with Gasteiger partial charge >= 0.3 is 0 Å². The number of nitriles is 1. The Kier molecular flexibility index (Phi) is 3.17. The van der Waals surface area contributed by atoms with Crippen LogP contribution >= 0.6 is 11.6 Å². The third-order valence-corrected chi connectivity index (χ3v) is 3.62. The van der Waals surface area contributed by atoms with Gasteiger partial charge in [-0.15, -0.1) is 0 Å². The molecule has 0 spiro atoms. The molecule has 0 bridgehead atoms. The molecule has 3 aromatic rings. The minimum Gasteiger partial charge on any atom is -0.343 e. The Morgan fingerprint density at radius 3 is 2.80 bits per heavy atom. The lowest BCUT2D eigenvalue weighted by Gasteiger charge is -2.08. The Balaban J connectivity index is 2.03. The van der Waals surface area contributed by atoms with Gasteiger partial charge in [0.2, 0.25) is 0 Å². The number of nitrogens with zero attached hydrogens (tertiary/aromatic N) is 2. The van der Waals surface area contributed by atoms with Crippen molar-refractivity contribution in [3.05, 3.63) is 70.6 Å². The highest BCUT2D eigenvalue weighted by molar-refractivity contribution is 6.31. The van der Waals surface area contributed by atoms with Gasteiger partial charge in [0.1, 0.15) is 5.82 Å². The maximum atomic E-state index is 13.3. The molecule has 0 unspecified atom stereocenters. The zero-order chi connectivity index (χ0) is 14.1. The fraction of sp³-hybridized carbons (Fsp3) is 0.0625. The van der Waals surface area contributed by atoms with Crippen molar-refractivity contribution in [1.82, 2.24) is 4.57 Å². The highest BCUT2D eigenvalue weighted by Gasteiger charge is 2.06. The second kappa shape index (κ2) is 4.99. The van der Waals surface area contributed by atoms with E-state index in [0.29, 0.717) is 17.1 Å². The van der Waals surface area contributed by atoms with Crippen molar-refractivity contribution in [3.63, 3.8) is 0 Å². The van der Waals surface area contributed by atoms with Crippen molar-refractivity contribution in [1.29, 1.82) is 5.26 Å². The first-order chi connectivity index (χ1) is 9.67. The fourth-order valence-electron chi connectivity index (χ4n) is 2.26. The van der Waals surface area contributed by atoms with E-state index < -0.39 is 0 Å². The summed E-state index contributed by atoms with van der Waals surface area (Å²) in [4.78, 5) is 0. The minimum atomic E-state index is -0.298. The molecule has 1 heterocycles. The fourth-order valence-corrected chi connectivity index (χ4v) is 2.43. The molecule has 0 N–H and O–H groups in total. The van der Waals surface area contributed by atoms with Crippen LogP contribution in [0, 0.1) is 17.1 Å². The van der Waals surface area contributed by atoms with Crippen molar-refractivity contribution < 1.29 is 4.39 Å². The molecule has 0 radical (unpaired) electrons. The third kappa shape index (κ3) is 2.26. The maximum absolute atomic E-state index is 13.3. The summed E-state index contributed by atoms with van der Waals surface area (Å²) in [5, 5.41) is 10.4. The van der Waals surface area contributed by atoms with Crippen LogP contribution in [0.5, 0.6) is 0 Å². The summed E-state index contributed by atoms with van der Waals surface area (Å²) >= 11 is 6.09. The van der Waals surface area contributed by atoms with Crippen molar-refractivity contribution in [2.24, 2.45) is 0 Å². The van der Waals surface area contributed by atoms with Crippen molar-refractivity contribution in [3.8, 4) is 6.07 Å². The molecule has 98 valence electrons. The second-order valence-electron chi connectivity index (χ2n) is 4.56. The highest BCUT2D eigenvalue weighted by atomic mass is 35.5. The van der Waals surface area contributed by atoms with E-state index in [1.165, 1.54) is 12.1 Å². The number of halogens is 2. The van der Waals surface area contributed by atoms with Crippen LogP contribution in [0.15, 0.2) is 48.7 Å². The van der Waals surface area contributed by atoms with E-state index in [0.717, 1.165) is 16.5 Å². The van der Waals surface area contributed by atoms with Crippen molar-refractivity contribution in [2.75, 3.05) is 0 Å². The molecule has 0 atom stereocenters. The summed E-state index contributed by atoms with van der Waals surface area (Å²) in [5.74, 6) is -0.298. The van der Waals surface area contributed by atoms with E-state index in [-0.39, 0.29) is 5.82 Å². The predicted octanol–water partition coefficient (Wildman–Crippen LogP) is 4.35. The molecule has 3 rings (SSSR count). The van der Waals surface area contributed by atoms with Crippen LogP contribution in [0.25, 0.3) is 10.9 Å². The van der Waals surface area contributed by atoms with E-state index in [1.807, 2.05) is 29.0 Å². The first-order valence-corrected chi connectivity index (χ1v) is 6.48. The highest BCUT2D eigenvalue weighted by Crippen LogP contribution is 2.22. The van der Waals surface area contributed by atoms with Crippen molar-refractivity contribution in [2.45, 2.75) is 6.54 Å². The quantitative estimate of drug-likeness (QED) is 0.687. The van der Waals surface area contributed by atoms with Gasteiger partial charge < -0.3 is 4.57 Å². The van der Waals surface area contributed by atoms with Gasteiger partial charge in [-0.25, -0.2) is 4.39 Å². The number of hydrogen-bond donors (Lipinski definition) is 0. The van der Waals surface area contributed by atoms with E-state index in [4.69, 9.17) is 16.9 Å². The Bertz CT molecular complexity index is 830. The summed E-state index contributed by atoms with van der Waals surface area (Å²) in [6.07, 6.45) is 1.91. The molecule has 0 aliphatic carbocycles. The molecular weight excluding hydrogens is 275 g/mol. The number of aromatic nitrogens is 1. The molecule has 0 aliphatic heterocycles. The van der Waals surface area contributed by atoms with Gasteiger partial charge in [0.25, 0.3) is 0 Å². The minimum absolute atomic E-state index is 0.298. The Labute approximate surface area is 120 Å². The molecule has 20 heavy (non-hydrogen) atoms. The summed E-state index contributed by atoms with van der Waals surface area (Å²) in [5.41, 5.74) is 2.34. The lowest BCUT2D eigenvalue weighted by molar-refractivity contribution is 0.624. The zero-order valence-electron chi connectivity index (χ0n) is 10.5. The van der Waals surface area contributed by atoms with Crippen LogP contribution in [0.1, 0.15) is 11.1 Å². The van der Waals surface area contributed by atoms with E-state index in [2.05, 4.69) is 6.07 Å². The van der Waals surface area contributed by atoms with E-state index in [1.54, 1.807) is 12.1 Å². The van der Waals surface area contributed by atoms with Gasteiger partial charge in [-0.3, -0.25) is 0 Å². The van der Waals surface area contributed by atoms with Crippen LogP contribution in [-0.2, 0) is 6.54 Å². The molecule has 1 aromatic heterocycles. The average molecular weight is 285 g/mol. The molecule has 2 aromatic carbocycles. The summed E-state index contributed by atoms with van der Waals surface area (Å²) in [6.45, 7) is 0.492. The molecule has 0 amide bonds. The topological polar surface area (TPSA) is 28.7 Å². The SMILES string of the molecule is N#Cc1ccc2c(ccn2Cc2cc(F)ccc2Cl)c1. The predicted molar refractivity (Wildman–Crippen MR) is 77.2 cm³/mol. The van der Waals surface area contributed by atoms with Crippen LogP contribution in [0.2, 0.25) is 5.02 Å². The molecule has 2 nitrogen and oxygen atoms in total. The number of benzene rings is 2. The van der Waals surface area contributed by atoms with E-state index in [9.17, 15) is 4.39 Å². The Morgan fingerprint density at radius 2 is 2.00 bits per heavy atom. The number of hydrogen-bond acceptors (Lipinski definition) is 1. The molecule has 0 fully saturated rings. The smallest absolute Gasteiger partial charge is 0.123 e. The lowest BCUT2D eigenvalue weighted by Crippen LogP contribution is -1.99. The number of fused-ring (bicyclic) bond motifs is 1. The van der Waals surface area contributed by atoms with Gasteiger partial charge in [0.15, 0.2) is 0 Å². The van der Waals surface area contributed by atoms with Gasteiger partial charge in [-0.1, -0.05) is 11.6 Å². The molecule has 4 heteroatoms. The summed E-state index contributed by atoms with van der Waals surface area (Å²) in [7, 11) is 0. The average Bonchev–Trinajstić information content (AvgIpc) is 2.85. The second-order valence-corrected chi connectivity index (χ2v) is 4.97. The largest absolute Gasteiger partial charge is 0.343 e. The van der Waals surface area contributed by atoms with Gasteiger partial charge in [0.05, 0.1) is 11.6 Å². The molecule has 0 aliphatic rings.